The predicted octanol–water partition coefficient (Wildman–Crippen LogP) is 3.13. The molecule has 0 spiro atoms. The van der Waals surface area contributed by atoms with Gasteiger partial charge in [-0.25, -0.2) is 0 Å². The summed E-state index contributed by atoms with van der Waals surface area (Å²) in [5, 5.41) is 41.5. The average molecular weight is 401 g/mol. The molecule has 0 amide bonds. The highest BCUT2D eigenvalue weighted by Crippen LogP contribution is 2.62. The van der Waals surface area contributed by atoms with Crippen molar-refractivity contribution in [1.29, 1.82) is 0 Å². The van der Waals surface area contributed by atoms with Crippen LogP contribution >= 0.6 is 0 Å². The van der Waals surface area contributed by atoms with Gasteiger partial charge in [0.1, 0.15) is 0 Å². The molecule has 0 heterocycles. The highest BCUT2D eigenvalue weighted by atomic mass is 16.4. The van der Waals surface area contributed by atoms with E-state index >= 15 is 0 Å². The maximum absolute atomic E-state index is 11.3. The van der Waals surface area contributed by atoms with E-state index in [1.807, 2.05) is 24.3 Å². The van der Waals surface area contributed by atoms with Crippen LogP contribution < -0.4 is 0 Å². The Morgan fingerprint density at radius 3 is 2.66 bits per heavy atom. The summed E-state index contributed by atoms with van der Waals surface area (Å²) < 4.78 is 0. The molecule has 158 valence electrons. The zero-order valence-corrected chi connectivity index (χ0v) is 17.4. The van der Waals surface area contributed by atoms with Crippen LogP contribution in [0.1, 0.15) is 52.9 Å². The van der Waals surface area contributed by atoms with Gasteiger partial charge >= 0.3 is 5.97 Å². The number of allylic oxidation sites excluding steroid dienone is 1. The number of carbonyl (C=O) groups is 1. The van der Waals surface area contributed by atoms with E-state index < -0.39 is 35.1 Å². The van der Waals surface area contributed by atoms with Crippen LogP contribution in [-0.2, 0) is 4.79 Å². The number of rotatable bonds is 4. The third kappa shape index (κ3) is 2.97. The molecule has 0 unspecified atom stereocenters. The summed E-state index contributed by atoms with van der Waals surface area (Å²) in [7, 11) is 0. The first-order valence-electron chi connectivity index (χ1n) is 10.7. The molecular weight excluding hydrogens is 368 g/mol. The SMILES string of the molecule is C[C@H](CCC(=O)O)[C@H]1CCC2=C3C(=C[C@H](O)[C@@]21C)[C@@]1(C)C=C[C@@H](O)CC1=C[C@H]3O. The van der Waals surface area contributed by atoms with E-state index in [0.717, 1.165) is 35.1 Å². The summed E-state index contributed by atoms with van der Waals surface area (Å²) in [6.07, 6.45) is 8.57. The number of carboxylic acids is 1. The van der Waals surface area contributed by atoms with Crippen molar-refractivity contribution < 1.29 is 25.2 Å². The molecule has 0 radical (unpaired) electrons. The molecule has 1 saturated carbocycles. The lowest BCUT2D eigenvalue weighted by Gasteiger charge is -2.49. The summed E-state index contributed by atoms with van der Waals surface area (Å²) in [5.41, 5.74) is 3.10. The Hall–Kier alpha value is -1.69. The first-order valence-corrected chi connectivity index (χ1v) is 10.7. The molecule has 0 aromatic rings. The normalized spacial score (nSPS) is 41.9. The Balaban J connectivity index is 1.77. The lowest BCUT2D eigenvalue weighted by atomic mass is 9.56. The molecule has 5 heteroatoms. The molecule has 0 saturated heterocycles. The minimum atomic E-state index is -0.787. The number of aliphatic hydroxyl groups excluding tert-OH is 3. The number of aliphatic hydroxyl groups is 3. The van der Waals surface area contributed by atoms with Gasteiger partial charge in [0, 0.05) is 17.3 Å². The Morgan fingerprint density at radius 1 is 1.24 bits per heavy atom. The third-order valence-corrected chi connectivity index (χ3v) is 8.14. The Bertz CT molecular complexity index is 849. The van der Waals surface area contributed by atoms with Crippen LogP contribution in [0.25, 0.3) is 0 Å². The van der Waals surface area contributed by atoms with Crippen molar-refractivity contribution in [3.8, 4) is 0 Å². The summed E-state index contributed by atoms with van der Waals surface area (Å²) in [4.78, 5) is 11.0. The maximum atomic E-state index is 11.3. The van der Waals surface area contributed by atoms with Gasteiger partial charge < -0.3 is 20.4 Å². The number of hydrogen-bond donors (Lipinski definition) is 4. The van der Waals surface area contributed by atoms with Crippen molar-refractivity contribution in [3.63, 3.8) is 0 Å². The van der Waals surface area contributed by atoms with Gasteiger partial charge in [-0.3, -0.25) is 4.79 Å². The van der Waals surface area contributed by atoms with Gasteiger partial charge in [0.2, 0.25) is 0 Å². The maximum Gasteiger partial charge on any atom is 0.303 e. The molecule has 4 aliphatic carbocycles. The fourth-order valence-corrected chi connectivity index (χ4v) is 6.41. The lowest BCUT2D eigenvalue weighted by molar-refractivity contribution is -0.137. The zero-order valence-electron chi connectivity index (χ0n) is 17.4. The highest BCUT2D eigenvalue weighted by molar-refractivity contribution is 5.66. The fraction of sp³-hybridized carbons (Fsp3) is 0.625. The van der Waals surface area contributed by atoms with E-state index in [2.05, 4.69) is 20.8 Å². The quantitative estimate of drug-likeness (QED) is 0.544. The van der Waals surface area contributed by atoms with E-state index in [9.17, 15) is 20.1 Å². The van der Waals surface area contributed by atoms with Gasteiger partial charge in [-0.2, -0.15) is 0 Å². The molecular formula is C24H32O5. The summed E-state index contributed by atoms with van der Waals surface area (Å²) >= 11 is 0. The van der Waals surface area contributed by atoms with Crippen LogP contribution in [0.15, 0.2) is 46.6 Å². The molecule has 29 heavy (non-hydrogen) atoms. The van der Waals surface area contributed by atoms with Gasteiger partial charge in [0.15, 0.2) is 0 Å². The number of hydrogen-bond acceptors (Lipinski definition) is 4. The Kier molecular flexibility index (Phi) is 4.92. The molecule has 0 aromatic heterocycles. The first-order chi connectivity index (χ1) is 13.6. The smallest absolute Gasteiger partial charge is 0.303 e. The van der Waals surface area contributed by atoms with Gasteiger partial charge in [-0.05, 0) is 55.6 Å². The minimum absolute atomic E-state index is 0.136. The zero-order chi connectivity index (χ0) is 21.1. The lowest BCUT2D eigenvalue weighted by Crippen LogP contribution is -2.45. The molecule has 5 nitrogen and oxygen atoms in total. The largest absolute Gasteiger partial charge is 0.481 e. The standard InChI is InChI=1S/C24H32O5/c1-13(4-7-21(28)29)16-5-6-17-22-18(12-20(27)24(16,17)3)23(2)9-8-15(25)10-14(23)11-19(22)26/h8-9,11-13,15-16,19-20,25-27H,4-7,10H2,1-3H3,(H,28,29)/t13-,15-,16-,19-,20+,23+,24-/m1/s1. The van der Waals surface area contributed by atoms with Crippen molar-refractivity contribution >= 4 is 5.97 Å². The van der Waals surface area contributed by atoms with Crippen molar-refractivity contribution in [2.24, 2.45) is 22.7 Å². The van der Waals surface area contributed by atoms with E-state index in [0.29, 0.717) is 12.8 Å². The summed E-state index contributed by atoms with van der Waals surface area (Å²) in [6.45, 7) is 6.26. The monoisotopic (exact) mass is 400 g/mol. The first kappa shape index (κ1) is 20.6. The summed E-state index contributed by atoms with van der Waals surface area (Å²) in [5.74, 6) is -0.443. The van der Waals surface area contributed by atoms with Gasteiger partial charge in [0.05, 0.1) is 18.3 Å². The number of fused-ring (bicyclic) bond motifs is 4. The van der Waals surface area contributed by atoms with E-state index in [4.69, 9.17) is 5.11 Å². The van der Waals surface area contributed by atoms with Crippen LogP contribution in [0.4, 0.5) is 0 Å². The van der Waals surface area contributed by atoms with E-state index in [1.165, 1.54) is 0 Å². The van der Waals surface area contributed by atoms with E-state index in [-0.39, 0.29) is 18.3 Å². The van der Waals surface area contributed by atoms with Crippen LogP contribution in [0.5, 0.6) is 0 Å². The summed E-state index contributed by atoms with van der Waals surface area (Å²) in [6, 6.07) is 0. The molecule has 4 N–H and O–H groups in total. The second-order valence-electron chi connectivity index (χ2n) is 9.72. The van der Waals surface area contributed by atoms with Crippen LogP contribution in [-0.4, -0.2) is 44.7 Å². The molecule has 0 bridgehead atoms. The molecule has 4 rings (SSSR count). The minimum Gasteiger partial charge on any atom is -0.481 e. The Labute approximate surface area is 172 Å². The number of carboxylic acid groups (broad SMARTS) is 1. The average Bonchev–Trinajstić information content (AvgIpc) is 3.01. The van der Waals surface area contributed by atoms with Gasteiger partial charge in [-0.15, -0.1) is 0 Å². The second kappa shape index (κ2) is 6.93. The fourth-order valence-electron chi connectivity index (χ4n) is 6.41. The topological polar surface area (TPSA) is 98.0 Å². The molecule has 4 aliphatic rings. The van der Waals surface area contributed by atoms with Gasteiger partial charge in [-0.1, -0.05) is 49.3 Å². The molecule has 0 aromatic carbocycles. The second-order valence-corrected chi connectivity index (χ2v) is 9.72. The van der Waals surface area contributed by atoms with Crippen molar-refractivity contribution in [3.05, 3.63) is 46.6 Å². The molecule has 1 fully saturated rings. The number of aliphatic carboxylic acids is 1. The molecule has 0 aliphatic heterocycles. The van der Waals surface area contributed by atoms with E-state index in [1.54, 1.807) is 0 Å². The van der Waals surface area contributed by atoms with Crippen LogP contribution in [0.2, 0.25) is 0 Å². The predicted molar refractivity (Wildman–Crippen MR) is 110 cm³/mol. The van der Waals surface area contributed by atoms with Crippen LogP contribution in [0, 0.1) is 22.7 Å². The van der Waals surface area contributed by atoms with Gasteiger partial charge in [0.25, 0.3) is 0 Å². The highest BCUT2D eigenvalue weighted by Gasteiger charge is 2.55. The van der Waals surface area contributed by atoms with Crippen molar-refractivity contribution in [1.82, 2.24) is 0 Å². The Morgan fingerprint density at radius 2 is 1.97 bits per heavy atom. The third-order valence-electron chi connectivity index (χ3n) is 8.14. The van der Waals surface area contributed by atoms with Crippen molar-refractivity contribution in [2.45, 2.75) is 71.2 Å². The molecule has 7 atom stereocenters. The van der Waals surface area contributed by atoms with Crippen LogP contribution in [0.3, 0.4) is 0 Å². The van der Waals surface area contributed by atoms with Crippen molar-refractivity contribution in [2.75, 3.05) is 0 Å².